The molecule has 2 aromatic rings. The summed E-state index contributed by atoms with van der Waals surface area (Å²) >= 11 is 0. The standard InChI is InChI=1S/C12H11NO3/c1-2-16-11-7-10(12(14)15)13-9-6-4-3-5-8(9)11/h3-7H,2H2,1H3,(H,14,15)/p-1. The first-order valence-corrected chi connectivity index (χ1v) is 4.96. The molecule has 82 valence electrons. The lowest BCUT2D eigenvalue weighted by atomic mass is 10.2. The van der Waals surface area contributed by atoms with Gasteiger partial charge in [0.2, 0.25) is 0 Å². The van der Waals surface area contributed by atoms with Crippen LogP contribution in [0.3, 0.4) is 0 Å². The Morgan fingerprint density at radius 1 is 1.44 bits per heavy atom. The number of pyridine rings is 1. The highest BCUT2D eigenvalue weighted by Crippen LogP contribution is 2.25. The smallest absolute Gasteiger partial charge is 0.130 e. The molecule has 16 heavy (non-hydrogen) atoms. The monoisotopic (exact) mass is 216 g/mol. The topological polar surface area (TPSA) is 62.2 Å². The van der Waals surface area contributed by atoms with Crippen molar-refractivity contribution >= 4 is 16.9 Å². The highest BCUT2D eigenvalue weighted by Gasteiger charge is 2.06. The summed E-state index contributed by atoms with van der Waals surface area (Å²) in [6.45, 7) is 2.31. The van der Waals surface area contributed by atoms with E-state index in [0.29, 0.717) is 17.9 Å². The summed E-state index contributed by atoms with van der Waals surface area (Å²) in [5.74, 6) is -0.779. The maximum atomic E-state index is 10.8. The Morgan fingerprint density at radius 2 is 2.19 bits per heavy atom. The van der Waals surface area contributed by atoms with E-state index in [4.69, 9.17) is 4.74 Å². The molecule has 0 unspecified atom stereocenters. The minimum atomic E-state index is -1.30. The lowest BCUT2D eigenvalue weighted by Gasteiger charge is -2.10. The second-order valence-corrected chi connectivity index (χ2v) is 3.24. The van der Waals surface area contributed by atoms with Crippen LogP contribution < -0.4 is 9.84 Å². The van der Waals surface area contributed by atoms with Gasteiger partial charge < -0.3 is 14.6 Å². The van der Waals surface area contributed by atoms with Gasteiger partial charge in [-0.15, -0.1) is 0 Å². The molecule has 0 fully saturated rings. The Balaban J connectivity index is 2.68. The quantitative estimate of drug-likeness (QED) is 0.767. The van der Waals surface area contributed by atoms with Crippen molar-refractivity contribution in [2.45, 2.75) is 6.92 Å². The molecule has 1 aromatic carbocycles. The maximum Gasteiger partial charge on any atom is 0.130 e. The molecule has 0 aliphatic carbocycles. The van der Waals surface area contributed by atoms with Gasteiger partial charge in [-0.2, -0.15) is 0 Å². The number of ether oxygens (including phenoxy) is 1. The molecule has 4 nitrogen and oxygen atoms in total. The van der Waals surface area contributed by atoms with Crippen LogP contribution in [-0.2, 0) is 0 Å². The SMILES string of the molecule is CCOc1cc(C(=O)[O-])nc2ccccc12. The fourth-order valence-electron chi connectivity index (χ4n) is 1.52. The summed E-state index contributed by atoms with van der Waals surface area (Å²) in [6.07, 6.45) is 0. The number of aromatic carboxylic acids is 1. The van der Waals surface area contributed by atoms with E-state index < -0.39 is 5.97 Å². The van der Waals surface area contributed by atoms with Crippen LogP contribution in [0.4, 0.5) is 0 Å². The highest BCUT2D eigenvalue weighted by molar-refractivity contribution is 5.92. The van der Waals surface area contributed by atoms with Gasteiger partial charge in [-0.3, -0.25) is 0 Å². The molecule has 0 bridgehead atoms. The van der Waals surface area contributed by atoms with E-state index in [1.807, 2.05) is 19.1 Å². The van der Waals surface area contributed by atoms with E-state index in [-0.39, 0.29) is 5.69 Å². The number of hydrogen-bond acceptors (Lipinski definition) is 4. The Hall–Kier alpha value is -2.10. The van der Waals surface area contributed by atoms with E-state index in [1.165, 1.54) is 6.07 Å². The normalized spacial score (nSPS) is 10.3. The van der Waals surface area contributed by atoms with Crippen molar-refractivity contribution in [3.63, 3.8) is 0 Å². The van der Waals surface area contributed by atoms with Gasteiger partial charge in [0.1, 0.15) is 5.75 Å². The van der Waals surface area contributed by atoms with Gasteiger partial charge in [0, 0.05) is 11.5 Å². The van der Waals surface area contributed by atoms with Crippen molar-refractivity contribution < 1.29 is 14.6 Å². The van der Waals surface area contributed by atoms with Crippen LogP contribution >= 0.6 is 0 Å². The lowest BCUT2D eigenvalue weighted by Crippen LogP contribution is -2.23. The van der Waals surface area contributed by atoms with Crippen molar-refractivity contribution in [1.29, 1.82) is 0 Å². The van der Waals surface area contributed by atoms with Gasteiger partial charge in [-0.25, -0.2) is 4.98 Å². The largest absolute Gasteiger partial charge is 0.543 e. The van der Waals surface area contributed by atoms with Gasteiger partial charge in [0.05, 0.1) is 23.8 Å². The van der Waals surface area contributed by atoms with Crippen molar-refractivity contribution in [3.05, 3.63) is 36.0 Å². The maximum absolute atomic E-state index is 10.8. The zero-order valence-corrected chi connectivity index (χ0v) is 8.77. The Morgan fingerprint density at radius 3 is 2.88 bits per heavy atom. The number of carbonyl (C=O) groups excluding carboxylic acids is 1. The molecule has 0 aliphatic heterocycles. The fraction of sp³-hybridized carbons (Fsp3) is 0.167. The third-order valence-electron chi connectivity index (χ3n) is 2.19. The molecule has 0 spiro atoms. The van der Waals surface area contributed by atoms with Gasteiger partial charge in [0.15, 0.2) is 0 Å². The molecule has 0 radical (unpaired) electrons. The average Bonchev–Trinajstić information content (AvgIpc) is 2.29. The van der Waals surface area contributed by atoms with Gasteiger partial charge in [-0.05, 0) is 19.1 Å². The predicted octanol–water partition coefficient (Wildman–Crippen LogP) is 0.997. The van der Waals surface area contributed by atoms with Crippen LogP contribution in [0.25, 0.3) is 10.9 Å². The summed E-state index contributed by atoms with van der Waals surface area (Å²) < 4.78 is 5.38. The molecule has 0 amide bonds. The minimum Gasteiger partial charge on any atom is -0.543 e. The van der Waals surface area contributed by atoms with Crippen LogP contribution in [0, 0.1) is 0 Å². The minimum absolute atomic E-state index is 0.109. The number of rotatable bonds is 3. The molecule has 0 N–H and O–H groups in total. The number of nitrogens with zero attached hydrogens (tertiary/aromatic N) is 1. The highest BCUT2D eigenvalue weighted by atomic mass is 16.5. The number of aromatic nitrogens is 1. The van der Waals surface area contributed by atoms with E-state index in [9.17, 15) is 9.90 Å². The Kier molecular flexibility index (Phi) is 2.72. The van der Waals surface area contributed by atoms with Crippen molar-refractivity contribution in [2.24, 2.45) is 0 Å². The second kappa shape index (κ2) is 4.18. The van der Waals surface area contributed by atoms with Crippen molar-refractivity contribution in [1.82, 2.24) is 4.98 Å². The first-order valence-electron chi connectivity index (χ1n) is 4.96. The molecule has 0 saturated carbocycles. The second-order valence-electron chi connectivity index (χ2n) is 3.24. The fourth-order valence-corrected chi connectivity index (χ4v) is 1.52. The number of carbonyl (C=O) groups is 1. The van der Waals surface area contributed by atoms with Crippen LogP contribution in [0.2, 0.25) is 0 Å². The molecule has 0 atom stereocenters. The predicted molar refractivity (Wildman–Crippen MR) is 57.2 cm³/mol. The summed E-state index contributed by atoms with van der Waals surface area (Å²) in [5, 5.41) is 11.6. The molecule has 1 heterocycles. The third-order valence-corrected chi connectivity index (χ3v) is 2.19. The summed E-state index contributed by atoms with van der Waals surface area (Å²) in [5.41, 5.74) is 0.481. The molecule has 0 aliphatic rings. The van der Waals surface area contributed by atoms with E-state index in [1.54, 1.807) is 12.1 Å². The van der Waals surface area contributed by atoms with Gasteiger partial charge in [0.25, 0.3) is 0 Å². The van der Waals surface area contributed by atoms with E-state index in [0.717, 1.165) is 5.39 Å². The zero-order valence-electron chi connectivity index (χ0n) is 8.77. The van der Waals surface area contributed by atoms with E-state index in [2.05, 4.69) is 4.98 Å². The Bertz CT molecular complexity index is 537. The van der Waals surface area contributed by atoms with Gasteiger partial charge in [-0.1, -0.05) is 12.1 Å². The average molecular weight is 216 g/mol. The van der Waals surface area contributed by atoms with Crippen LogP contribution in [-0.4, -0.2) is 17.6 Å². The first-order chi connectivity index (χ1) is 7.72. The number of para-hydroxylation sites is 1. The van der Waals surface area contributed by atoms with Gasteiger partial charge >= 0.3 is 0 Å². The molecule has 4 heteroatoms. The number of fused-ring (bicyclic) bond motifs is 1. The molecular weight excluding hydrogens is 206 g/mol. The molecular formula is C12H10NO3-. The number of carboxylic acids is 1. The number of carboxylic acid groups (broad SMARTS) is 1. The lowest BCUT2D eigenvalue weighted by molar-refractivity contribution is -0.255. The van der Waals surface area contributed by atoms with E-state index >= 15 is 0 Å². The zero-order chi connectivity index (χ0) is 11.5. The van der Waals surface area contributed by atoms with Crippen LogP contribution in [0.15, 0.2) is 30.3 Å². The Labute approximate surface area is 92.5 Å². The molecule has 0 saturated heterocycles. The van der Waals surface area contributed by atoms with Crippen LogP contribution in [0.5, 0.6) is 5.75 Å². The number of benzene rings is 1. The summed E-state index contributed by atoms with van der Waals surface area (Å²) in [6, 6.07) is 8.62. The first kappa shape index (κ1) is 10.4. The van der Waals surface area contributed by atoms with Crippen LogP contribution in [0.1, 0.15) is 17.4 Å². The molecule has 1 aromatic heterocycles. The number of hydrogen-bond donors (Lipinski definition) is 0. The summed E-state index contributed by atoms with van der Waals surface area (Å²) in [7, 11) is 0. The third kappa shape index (κ3) is 1.82. The summed E-state index contributed by atoms with van der Waals surface area (Å²) in [4.78, 5) is 14.7. The van der Waals surface area contributed by atoms with Crippen molar-refractivity contribution in [2.75, 3.05) is 6.61 Å². The molecule has 2 rings (SSSR count). The van der Waals surface area contributed by atoms with Crippen molar-refractivity contribution in [3.8, 4) is 5.75 Å².